The van der Waals surface area contributed by atoms with Crippen LogP contribution in [0.15, 0.2) is 0 Å². The molecule has 2 atom stereocenters. The lowest BCUT2D eigenvalue weighted by atomic mass is 10.1. The highest BCUT2D eigenvalue weighted by Gasteiger charge is 2.20. The predicted molar refractivity (Wildman–Crippen MR) is 61.5 cm³/mol. The monoisotopic (exact) mass is 251 g/mol. The fourth-order valence-electron chi connectivity index (χ4n) is 1.87. The molecule has 2 unspecified atom stereocenters. The Bertz CT molecular complexity index is 285. The van der Waals surface area contributed by atoms with E-state index in [1.807, 2.05) is 6.92 Å². The Morgan fingerprint density at radius 2 is 2.31 bits per heavy atom. The summed E-state index contributed by atoms with van der Waals surface area (Å²) in [5, 5.41) is 5.04. The highest BCUT2D eigenvalue weighted by atomic mass is 32.2. The number of hydrogen-bond donors (Lipinski definition) is 1. The summed E-state index contributed by atoms with van der Waals surface area (Å²) in [6.45, 7) is 3.83. The molecule has 0 saturated carbocycles. The first kappa shape index (κ1) is 13.9. The smallest absolute Gasteiger partial charge is 0.209 e. The molecule has 6 heteroatoms. The second kappa shape index (κ2) is 6.54. The van der Waals surface area contributed by atoms with Gasteiger partial charge in [-0.15, -0.1) is 0 Å². The van der Waals surface area contributed by atoms with Gasteiger partial charge in [-0.1, -0.05) is 13.3 Å². The molecule has 1 heterocycles. The zero-order chi connectivity index (χ0) is 12.0. The third kappa shape index (κ3) is 5.79. The van der Waals surface area contributed by atoms with Crippen molar-refractivity contribution in [1.29, 1.82) is 0 Å². The average Bonchev–Trinajstić information content (AvgIpc) is 2.64. The second-order valence-electron chi connectivity index (χ2n) is 4.30. The van der Waals surface area contributed by atoms with Crippen LogP contribution in [0.4, 0.5) is 0 Å². The van der Waals surface area contributed by atoms with Gasteiger partial charge < -0.3 is 9.47 Å². The van der Waals surface area contributed by atoms with Crippen LogP contribution in [-0.2, 0) is 19.5 Å². The molecule has 0 amide bonds. The molecule has 0 aromatic heterocycles. The van der Waals surface area contributed by atoms with Gasteiger partial charge in [0.1, 0.15) is 0 Å². The Morgan fingerprint density at radius 3 is 2.81 bits per heavy atom. The molecule has 0 aromatic carbocycles. The van der Waals surface area contributed by atoms with Gasteiger partial charge in [-0.2, -0.15) is 0 Å². The molecule has 1 saturated heterocycles. The third-order valence-electron chi connectivity index (χ3n) is 2.62. The summed E-state index contributed by atoms with van der Waals surface area (Å²) in [7, 11) is -3.40. The van der Waals surface area contributed by atoms with E-state index in [1.165, 1.54) is 0 Å². The zero-order valence-electron chi connectivity index (χ0n) is 9.72. The van der Waals surface area contributed by atoms with E-state index in [1.54, 1.807) is 0 Å². The van der Waals surface area contributed by atoms with Crippen molar-refractivity contribution in [1.82, 2.24) is 0 Å². The van der Waals surface area contributed by atoms with Crippen molar-refractivity contribution in [3.63, 3.8) is 0 Å². The molecule has 5 nitrogen and oxygen atoms in total. The first-order chi connectivity index (χ1) is 7.51. The minimum absolute atomic E-state index is 0.000556. The van der Waals surface area contributed by atoms with E-state index in [9.17, 15) is 8.42 Å². The Morgan fingerprint density at radius 1 is 1.56 bits per heavy atom. The quantitative estimate of drug-likeness (QED) is 0.714. The minimum atomic E-state index is -3.40. The molecule has 0 radical (unpaired) electrons. The topological polar surface area (TPSA) is 78.6 Å². The number of primary sulfonamides is 1. The number of sulfonamides is 1. The molecule has 1 aliphatic rings. The van der Waals surface area contributed by atoms with Crippen LogP contribution in [-0.4, -0.2) is 40.1 Å². The van der Waals surface area contributed by atoms with Gasteiger partial charge >= 0.3 is 0 Å². The van der Waals surface area contributed by atoms with Crippen molar-refractivity contribution in [2.75, 3.05) is 25.6 Å². The van der Waals surface area contributed by atoms with Crippen LogP contribution in [0.1, 0.15) is 26.2 Å². The lowest BCUT2D eigenvalue weighted by Gasteiger charge is -2.17. The Balaban J connectivity index is 2.32. The first-order valence-corrected chi connectivity index (χ1v) is 7.42. The van der Waals surface area contributed by atoms with Crippen LogP contribution in [0.25, 0.3) is 0 Å². The Kier molecular flexibility index (Phi) is 5.68. The lowest BCUT2D eigenvalue weighted by Crippen LogP contribution is -2.28. The van der Waals surface area contributed by atoms with Crippen molar-refractivity contribution in [2.24, 2.45) is 11.1 Å². The predicted octanol–water partition coefficient (Wildman–Crippen LogP) is 0.497. The van der Waals surface area contributed by atoms with Crippen molar-refractivity contribution in [3.05, 3.63) is 0 Å². The van der Waals surface area contributed by atoms with Crippen LogP contribution in [0, 0.1) is 5.92 Å². The molecule has 0 spiro atoms. The van der Waals surface area contributed by atoms with E-state index in [-0.39, 0.29) is 17.8 Å². The Labute approximate surface area is 97.3 Å². The average molecular weight is 251 g/mol. The molecular formula is C10H21NO4S. The van der Waals surface area contributed by atoms with Gasteiger partial charge in [0.25, 0.3) is 0 Å². The van der Waals surface area contributed by atoms with Crippen LogP contribution in [0.3, 0.4) is 0 Å². The van der Waals surface area contributed by atoms with Crippen LogP contribution in [0.5, 0.6) is 0 Å². The molecule has 96 valence electrons. The van der Waals surface area contributed by atoms with Crippen molar-refractivity contribution in [3.8, 4) is 0 Å². The van der Waals surface area contributed by atoms with Gasteiger partial charge in [-0.05, 0) is 18.8 Å². The summed E-state index contributed by atoms with van der Waals surface area (Å²) < 4.78 is 32.8. The van der Waals surface area contributed by atoms with Gasteiger partial charge in [0.05, 0.1) is 25.1 Å². The summed E-state index contributed by atoms with van der Waals surface area (Å²) in [5.74, 6) is 0.00891. The molecule has 1 aliphatic heterocycles. The summed E-state index contributed by atoms with van der Waals surface area (Å²) in [5.41, 5.74) is 0. The lowest BCUT2D eigenvalue weighted by molar-refractivity contribution is 0.0241. The maximum absolute atomic E-state index is 11.0. The highest BCUT2D eigenvalue weighted by molar-refractivity contribution is 7.89. The van der Waals surface area contributed by atoms with Gasteiger partial charge in [-0.3, -0.25) is 0 Å². The van der Waals surface area contributed by atoms with E-state index in [0.717, 1.165) is 25.9 Å². The van der Waals surface area contributed by atoms with Gasteiger partial charge in [0.2, 0.25) is 10.0 Å². The van der Waals surface area contributed by atoms with E-state index >= 15 is 0 Å². The maximum atomic E-state index is 11.0. The van der Waals surface area contributed by atoms with Gasteiger partial charge in [0.15, 0.2) is 0 Å². The highest BCUT2D eigenvalue weighted by Crippen LogP contribution is 2.14. The summed E-state index contributed by atoms with van der Waals surface area (Å²) >= 11 is 0. The molecule has 0 aromatic rings. The molecule has 2 N–H and O–H groups in total. The second-order valence-corrected chi connectivity index (χ2v) is 5.96. The minimum Gasteiger partial charge on any atom is -0.379 e. The van der Waals surface area contributed by atoms with E-state index in [0.29, 0.717) is 13.2 Å². The fourth-order valence-corrected chi connectivity index (χ4v) is 2.79. The first-order valence-electron chi connectivity index (χ1n) is 5.71. The Hall–Kier alpha value is -0.170. The standard InChI is InChI=1S/C10H21NO4S/c1-2-3-9(8-16(11,12)13)6-15-10-4-5-14-7-10/h9-10H,2-8H2,1H3,(H2,11,12,13). The number of rotatable bonds is 7. The van der Waals surface area contributed by atoms with Crippen LogP contribution >= 0.6 is 0 Å². The normalized spacial score (nSPS) is 23.5. The van der Waals surface area contributed by atoms with E-state index < -0.39 is 10.0 Å². The molecule has 0 bridgehead atoms. The molecule has 1 fully saturated rings. The number of ether oxygens (including phenoxy) is 2. The van der Waals surface area contributed by atoms with Crippen LogP contribution < -0.4 is 5.14 Å². The molecule has 1 rings (SSSR count). The summed E-state index contributed by atoms with van der Waals surface area (Å²) in [4.78, 5) is 0. The largest absolute Gasteiger partial charge is 0.379 e. The summed E-state index contributed by atoms with van der Waals surface area (Å²) in [6, 6.07) is 0. The van der Waals surface area contributed by atoms with Gasteiger partial charge in [0, 0.05) is 6.61 Å². The van der Waals surface area contributed by atoms with E-state index in [2.05, 4.69) is 0 Å². The maximum Gasteiger partial charge on any atom is 0.209 e. The molecule has 0 aliphatic carbocycles. The number of hydrogen-bond acceptors (Lipinski definition) is 4. The number of nitrogens with two attached hydrogens (primary N) is 1. The molecular weight excluding hydrogens is 230 g/mol. The van der Waals surface area contributed by atoms with Crippen molar-refractivity contribution in [2.45, 2.75) is 32.3 Å². The molecule has 16 heavy (non-hydrogen) atoms. The van der Waals surface area contributed by atoms with Gasteiger partial charge in [-0.25, -0.2) is 13.6 Å². The SMILES string of the molecule is CCCC(COC1CCOC1)CS(N)(=O)=O. The van der Waals surface area contributed by atoms with E-state index in [4.69, 9.17) is 14.6 Å². The summed E-state index contributed by atoms with van der Waals surface area (Å²) in [6.07, 6.45) is 2.78. The van der Waals surface area contributed by atoms with Crippen molar-refractivity contribution < 1.29 is 17.9 Å². The fraction of sp³-hybridized carbons (Fsp3) is 1.00. The third-order valence-corrected chi connectivity index (χ3v) is 3.56. The zero-order valence-corrected chi connectivity index (χ0v) is 10.5. The van der Waals surface area contributed by atoms with Crippen molar-refractivity contribution >= 4 is 10.0 Å². The van der Waals surface area contributed by atoms with Crippen LogP contribution in [0.2, 0.25) is 0 Å².